The van der Waals surface area contributed by atoms with Crippen molar-refractivity contribution in [3.05, 3.63) is 90.0 Å². The first kappa shape index (κ1) is 22.4. The van der Waals surface area contributed by atoms with Crippen LogP contribution in [0.25, 0.3) is 0 Å². The van der Waals surface area contributed by atoms with Gasteiger partial charge in [0, 0.05) is 24.5 Å². The number of esters is 1. The number of morpholine rings is 1. The summed E-state index contributed by atoms with van der Waals surface area (Å²) in [5.41, 5.74) is 3.07. The summed E-state index contributed by atoms with van der Waals surface area (Å²) in [5.74, 6) is -0.435. The lowest BCUT2D eigenvalue weighted by Crippen LogP contribution is -2.36. The standard InChI is InChI=1S/C26H26N2O5/c29-25(27-22-9-11-23(12-10-22)28-13-15-31-16-14-28)19-33-26(30)21-7-4-8-24(17-21)32-18-20-5-2-1-3-6-20/h1-12,17H,13-16,18-19H2,(H,27,29). The van der Waals surface area contributed by atoms with E-state index in [-0.39, 0.29) is 6.61 Å². The summed E-state index contributed by atoms with van der Waals surface area (Å²) in [6.45, 7) is 3.14. The highest BCUT2D eigenvalue weighted by molar-refractivity contribution is 5.95. The van der Waals surface area contributed by atoms with Gasteiger partial charge < -0.3 is 24.4 Å². The Bertz CT molecular complexity index is 1060. The maximum absolute atomic E-state index is 12.4. The highest BCUT2D eigenvalue weighted by Crippen LogP contribution is 2.19. The van der Waals surface area contributed by atoms with Gasteiger partial charge in [0.05, 0.1) is 18.8 Å². The minimum atomic E-state index is -0.585. The van der Waals surface area contributed by atoms with Gasteiger partial charge in [-0.1, -0.05) is 36.4 Å². The van der Waals surface area contributed by atoms with E-state index in [0.717, 1.165) is 24.3 Å². The molecule has 170 valence electrons. The summed E-state index contributed by atoms with van der Waals surface area (Å²) in [4.78, 5) is 26.8. The molecule has 0 atom stereocenters. The van der Waals surface area contributed by atoms with Crippen LogP contribution in [0.4, 0.5) is 11.4 Å². The summed E-state index contributed by atoms with van der Waals surface area (Å²) in [6, 6.07) is 24.0. The van der Waals surface area contributed by atoms with Crippen molar-refractivity contribution in [3.8, 4) is 5.75 Å². The average molecular weight is 447 g/mol. The number of hydrogen-bond acceptors (Lipinski definition) is 6. The second-order valence-electron chi connectivity index (χ2n) is 7.57. The third kappa shape index (κ3) is 6.57. The topological polar surface area (TPSA) is 77.1 Å². The molecule has 7 nitrogen and oxygen atoms in total. The lowest BCUT2D eigenvalue weighted by atomic mass is 10.2. The Morgan fingerprint density at radius 1 is 0.909 bits per heavy atom. The fourth-order valence-electron chi connectivity index (χ4n) is 3.44. The summed E-state index contributed by atoms with van der Waals surface area (Å²) in [5, 5.41) is 2.74. The van der Waals surface area contributed by atoms with Crippen LogP contribution in [0, 0.1) is 0 Å². The lowest BCUT2D eigenvalue weighted by molar-refractivity contribution is -0.119. The third-order valence-corrected chi connectivity index (χ3v) is 5.18. The quantitative estimate of drug-likeness (QED) is 0.529. The number of ether oxygens (including phenoxy) is 3. The van der Waals surface area contributed by atoms with Crippen LogP contribution in [0.3, 0.4) is 0 Å². The third-order valence-electron chi connectivity index (χ3n) is 5.18. The molecular formula is C26H26N2O5. The molecule has 1 heterocycles. The number of amides is 1. The number of carbonyl (C=O) groups is 2. The fourth-order valence-corrected chi connectivity index (χ4v) is 3.44. The van der Waals surface area contributed by atoms with Gasteiger partial charge >= 0.3 is 5.97 Å². The van der Waals surface area contributed by atoms with Crippen LogP contribution < -0.4 is 15.0 Å². The fraction of sp³-hybridized carbons (Fsp3) is 0.231. The average Bonchev–Trinajstić information content (AvgIpc) is 2.88. The van der Waals surface area contributed by atoms with Crippen molar-refractivity contribution >= 4 is 23.3 Å². The van der Waals surface area contributed by atoms with Crippen molar-refractivity contribution in [2.24, 2.45) is 0 Å². The number of nitrogens with one attached hydrogen (secondary N) is 1. The molecule has 0 spiro atoms. The Morgan fingerprint density at radius 3 is 2.42 bits per heavy atom. The Hall–Kier alpha value is -3.84. The molecular weight excluding hydrogens is 420 g/mol. The van der Waals surface area contributed by atoms with Gasteiger partial charge in [-0.05, 0) is 48.0 Å². The molecule has 0 radical (unpaired) electrons. The zero-order chi connectivity index (χ0) is 22.9. The lowest BCUT2D eigenvalue weighted by Gasteiger charge is -2.28. The number of anilines is 2. The summed E-state index contributed by atoms with van der Waals surface area (Å²) in [7, 11) is 0. The van der Waals surface area contributed by atoms with E-state index in [1.165, 1.54) is 0 Å². The highest BCUT2D eigenvalue weighted by atomic mass is 16.5. The Labute approximate surface area is 192 Å². The van der Waals surface area contributed by atoms with E-state index in [9.17, 15) is 9.59 Å². The molecule has 1 aliphatic heterocycles. The molecule has 0 aromatic heterocycles. The van der Waals surface area contributed by atoms with Crippen LogP contribution in [0.1, 0.15) is 15.9 Å². The van der Waals surface area contributed by atoms with Gasteiger partial charge in [0.15, 0.2) is 6.61 Å². The van der Waals surface area contributed by atoms with E-state index in [1.54, 1.807) is 24.3 Å². The van der Waals surface area contributed by atoms with Gasteiger partial charge in [-0.25, -0.2) is 4.79 Å². The normalized spacial score (nSPS) is 13.3. The summed E-state index contributed by atoms with van der Waals surface area (Å²) < 4.78 is 16.3. The van der Waals surface area contributed by atoms with Gasteiger partial charge in [-0.3, -0.25) is 4.79 Å². The maximum atomic E-state index is 12.4. The SMILES string of the molecule is O=C(COC(=O)c1cccc(OCc2ccccc2)c1)Nc1ccc(N2CCOCC2)cc1. The van der Waals surface area contributed by atoms with Crippen molar-refractivity contribution in [1.82, 2.24) is 0 Å². The smallest absolute Gasteiger partial charge is 0.338 e. The van der Waals surface area contributed by atoms with Crippen molar-refractivity contribution in [2.75, 3.05) is 43.1 Å². The summed E-state index contributed by atoms with van der Waals surface area (Å²) in [6.07, 6.45) is 0. The zero-order valence-electron chi connectivity index (χ0n) is 18.2. The molecule has 0 aliphatic carbocycles. The Kier molecular flexibility index (Phi) is 7.56. The second kappa shape index (κ2) is 11.2. The maximum Gasteiger partial charge on any atom is 0.338 e. The van der Waals surface area contributed by atoms with Crippen LogP contribution in [0.5, 0.6) is 5.75 Å². The van der Waals surface area contributed by atoms with E-state index in [0.29, 0.717) is 36.8 Å². The van der Waals surface area contributed by atoms with Crippen LogP contribution in [0.2, 0.25) is 0 Å². The van der Waals surface area contributed by atoms with E-state index in [2.05, 4.69) is 10.2 Å². The molecule has 3 aromatic carbocycles. The molecule has 4 rings (SSSR count). The minimum absolute atomic E-state index is 0.322. The first-order chi connectivity index (χ1) is 16.2. The van der Waals surface area contributed by atoms with Gasteiger partial charge in [0.2, 0.25) is 0 Å². The van der Waals surface area contributed by atoms with Crippen LogP contribution in [0.15, 0.2) is 78.9 Å². The first-order valence-corrected chi connectivity index (χ1v) is 10.8. The predicted octanol–water partition coefficient (Wildman–Crippen LogP) is 3.90. The number of benzene rings is 3. The van der Waals surface area contributed by atoms with Crippen molar-refractivity contribution in [1.29, 1.82) is 0 Å². The molecule has 0 saturated carbocycles. The molecule has 0 bridgehead atoms. The molecule has 1 fully saturated rings. The van der Waals surface area contributed by atoms with E-state index < -0.39 is 11.9 Å². The molecule has 1 saturated heterocycles. The largest absolute Gasteiger partial charge is 0.489 e. The number of carbonyl (C=O) groups excluding carboxylic acids is 2. The van der Waals surface area contributed by atoms with Crippen LogP contribution >= 0.6 is 0 Å². The Morgan fingerprint density at radius 2 is 1.67 bits per heavy atom. The highest BCUT2D eigenvalue weighted by Gasteiger charge is 2.13. The predicted molar refractivity (Wildman–Crippen MR) is 126 cm³/mol. The zero-order valence-corrected chi connectivity index (χ0v) is 18.2. The first-order valence-electron chi connectivity index (χ1n) is 10.8. The van der Waals surface area contributed by atoms with Crippen LogP contribution in [-0.4, -0.2) is 44.8 Å². The molecule has 1 N–H and O–H groups in total. The van der Waals surface area contributed by atoms with Crippen molar-refractivity contribution in [3.63, 3.8) is 0 Å². The second-order valence-corrected chi connectivity index (χ2v) is 7.57. The van der Waals surface area contributed by atoms with E-state index >= 15 is 0 Å². The van der Waals surface area contributed by atoms with Gasteiger partial charge in [0.1, 0.15) is 12.4 Å². The van der Waals surface area contributed by atoms with Gasteiger partial charge in [0.25, 0.3) is 5.91 Å². The number of rotatable bonds is 8. The molecule has 33 heavy (non-hydrogen) atoms. The minimum Gasteiger partial charge on any atom is -0.489 e. The molecule has 7 heteroatoms. The molecule has 1 amide bonds. The van der Waals surface area contributed by atoms with E-state index in [4.69, 9.17) is 14.2 Å². The molecule has 0 unspecified atom stereocenters. The van der Waals surface area contributed by atoms with E-state index in [1.807, 2.05) is 54.6 Å². The van der Waals surface area contributed by atoms with Gasteiger partial charge in [-0.2, -0.15) is 0 Å². The molecule has 3 aromatic rings. The summed E-state index contributed by atoms with van der Waals surface area (Å²) >= 11 is 0. The number of hydrogen-bond donors (Lipinski definition) is 1. The van der Waals surface area contributed by atoms with Crippen molar-refractivity contribution < 1.29 is 23.8 Å². The molecule has 1 aliphatic rings. The number of nitrogens with zero attached hydrogens (tertiary/aromatic N) is 1. The van der Waals surface area contributed by atoms with Crippen molar-refractivity contribution in [2.45, 2.75) is 6.61 Å². The monoisotopic (exact) mass is 446 g/mol. The van der Waals surface area contributed by atoms with Gasteiger partial charge in [-0.15, -0.1) is 0 Å². The Balaban J connectivity index is 1.24. The van der Waals surface area contributed by atoms with Crippen LogP contribution in [-0.2, 0) is 20.9 Å².